The van der Waals surface area contributed by atoms with Crippen molar-refractivity contribution in [1.29, 1.82) is 0 Å². The molecular formula is C26H19N2O3S2+. The summed E-state index contributed by atoms with van der Waals surface area (Å²) in [7, 11) is -3.76. The number of rotatable bonds is 4. The van der Waals surface area contributed by atoms with Crippen LogP contribution < -0.4 is 4.74 Å². The highest BCUT2D eigenvalue weighted by molar-refractivity contribution is 7.99. The Labute approximate surface area is 196 Å². The van der Waals surface area contributed by atoms with Crippen LogP contribution in [-0.4, -0.2) is 18.7 Å². The zero-order valence-electron chi connectivity index (χ0n) is 17.5. The summed E-state index contributed by atoms with van der Waals surface area (Å²) < 4.78 is 33.7. The lowest BCUT2D eigenvalue weighted by Crippen LogP contribution is -2.40. The second-order valence-corrected chi connectivity index (χ2v) is 11.0. The molecule has 0 spiro atoms. The molecule has 0 saturated heterocycles. The summed E-state index contributed by atoms with van der Waals surface area (Å²) in [5.74, 6) is 2.00. The molecule has 0 N–H and O–H groups in total. The van der Waals surface area contributed by atoms with Crippen molar-refractivity contribution in [1.82, 2.24) is 0 Å². The number of nitrogens with zero attached hydrogens (tertiary/aromatic N) is 2. The van der Waals surface area contributed by atoms with Gasteiger partial charge in [-0.3, -0.25) is 0 Å². The third kappa shape index (κ3) is 3.36. The topological polar surface area (TPSA) is 55.7 Å². The van der Waals surface area contributed by atoms with E-state index in [1.807, 2.05) is 73.1 Å². The number of hydrogen-bond donors (Lipinski definition) is 0. The Bertz CT molecular complexity index is 1500. The molecule has 0 amide bonds. The Morgan fingerprint density at radius 3 is 2.58 bits per heavy atom. The summed E-state index contributed by atoms with van der Waals surface area (Å²) in [5.41, 5.74) is 1.02. The van der Waals surface area contributed by atoms with E-state index < -0.39 is 9.84 Å². The molecule has 0 fully saturated rings. The molecule has 6 rings (SSSR count). The Balaban J connectivity index is 1.32. The lowest BCUT2D eigenvalue weighted by Gasteiger charge is -2.28. The van der Waals surface area contributed by atoms with E-state index in [1.54, 1.807) is 24.3 Å². The van der Waals surface area contributed by atoms with Gasteiger partial charge < -0.3 is 4.74 Å². The molecule has 33 heavy (non-hydrogen) atoms. The molecule has 3 aliphatic rings. The Hall–Kier alpha value is -3.39. The predicted octanol–water partition coefficient (Wildman–Crippen LogP) is 6.06. The van der Waals surface area contributed by atoms with Gasteiger partial charge in [0, 0.05) is 11.6 Å². The van der Waals surface area contributed by atoms with Crippen LogP contribution in [0.15, 0.2) is 128 Å². The number of benzene rings is 3. The van der Waals surface area contributed by atoms with E-state index >= 15 is 0 Å². The third-order valence-corrected chi connectivity index (χ3v) is 8.76. The maximum atomic E-state index is 13.6. The van der Waals surface area contributed by atoms with Crippen molar-refractivity contribution >= 4 is 27.4 Å². The number of hydrogen-bond acceptors (Lipinski definition) is 5. The van der Waals surface area contributed by atoms with Gasteiger partial charge in [-0.1, -0.05) is 42.1 Å². The van der Waals surface area contributed by atoms with Crippen molar-refractivity contribution in [3.05, 3.63) is 109 Å². The van der Waals surface area contributed by atoms with Crippen LogP contribution in [-0.2, 0) is 16.4 Å². The molecule has 3 aromatic carbocycles. The van der Waals surface area contributed by atoms with E-state index in [-0.39, 0.29) is 9.79 Å². The lowest BCUT2D eigenvalue weighted by molar-refractivity contribution is -0.743. The zero-order chi connectivity index (χ0) is 22.5. The highest BCUT2D eigenvalue weighted by atomic mass is 32.2. The molecule has 3 aromatic rings. The van der Waals surface area contributed by atoms with Gasteiger partial charge in [-0.15, -0.1) is 0 Å². The molecule has 5 nitrogen and oxygen atoms in total. The zero-order valence-corrected chi connectivity index (χ0v) is 19.1. The molecular weight excluding hydrogens is 452 g/mol. The summed E-state index contributed by atoms with van der Waals surface area (Å²) in [5, 5.41) is 0. The SMILES string of the molecule is O=S(=O)(c1ccc(C[N+]23C=CC=CC2=NC=C3)cc1)c1cccc2c1Oc1ccccc1S2. The Morgan fingerprint density at radius 1 is 0.879 bits per heavy atom. The lowest BCUT2D eigenvalue weighted by atomic mass is 10.1. The second-order valence-electron chi connectivity index (χ2n) is 7.96. The number of amidine groups is 1. The van der Waals surface area contributed by atoms with Gasteiger partial charge in [-0.05, 0) is 48.6 Å². The monoisotopic (exact) mass is 471 g/mol. The van der Waals surface area contributed by atoms with Gasteiger partial charge in [0.25, 0.3) is 0 Å². The minimum atomic E-state index is -3.76. The number of para-hydroxylation sites is 2. The number of quaternary nitrogens is 1. The smallest absolute Gasteiger partial charge is 0.237 e. The van der Waals surface area contributed by atoms with Gasteiger partial charge in [-0.25, -0.2) is 12.9 Å². The van der Waals surface area contributed by atoms with E-state index in [0.29, 0.717) is 22.5 Å². The minimum absolute atomic E-state index is 0.178. The molecule has 3 heterocycles. The quantitative estimate of drug-likeness (QED) is 0.340. The number of aliphatic imine (C=N–C) groups is 1. The fraction of sp³-hybridized carbons (Fsp3) is 0.0385. The molecule has 0 aliphatic carbocycles. The van der Waals surface area contributed by atoms with Gasteiger partial charge in [0.05, 0.1) is 20.9 Å². The van der Waals surface area contributed by atoms with Crippen molar-refractivity contribution in [2.75, 3.05) is 0 Å². The second kappa shape index (κ2) is 7.59. The van der Waals surface area contributed by atoms with E-state index in [2.05, 4.69) is 11.2 Å². The van der Waals surface area contributed by atoms with Gasteiger partial charge in [0.1, 0.15) is 29.6 Å². The molecule has 1 atom stereocenters. The van der Waals surface area contributed by atoms with Gasteiger partial charge in [-0.2, -0.15) is 4.99 Å². The van der Waals surface area contributed by atoms with Crippen LogP contribution in [0.5, 0.6) is 11.5 Å². The number of allylic oxidation sites excluding steroid dienone is 2. The van der Waals surface area contributed by atoms with Crippen molar-refractivity contribution < 1.29 is 17.6 Å². The molecule has 1 unspecified atom stereocenters. The van der Waals surface area contributed by atoms with Gasteiger partial charge >= 0.3 is 0 Å². The van der Waals surface area contributed by atoms with Gasteiger partial charge in [0.2, 0.25) is 15.7 Å². The van der Waals surface area contributed by atoms with Crippen LogP contribution in [0, 0.1) is 0 Å². The molecule has 0 aromatic heterocycles. The average Bonchev–Trinajstić information content (AvgIpc) is 3.26. The van der Waals surface area contributed by atoms with Crippen LogP contribution in [0.1, 0.15) is 5.56 Å². The van der Waals surface area contributed by atoms with Crippen molar-refractivity contribution in [3.8, 4) is 11.5 Å². The van der Waals surface area contributed by atoms with E-state index in [1.165, 1.54) is 11.8 Å². The summed E-state index contributed by atoms with van der Waals surface area (Å²) in [6.07, 6.45) is 11.9. The number of ether oxygens (including phenoxy) is 1. The largest absolute Gasteiger partial charge is 0.454 e. The first-order valence-corrected chi connectivity index (χ1v) is 12.8. The fourth-order valence-corrected chi connectivity index (χ4v) is 6.64. The predicted molar refractivity (Wildman–Crippen MR) is 128 cm³/mol. The standard InChI is InChI=1S/C26H19N2O3S2/c29-33(30,24-9-5-8-23-26(24)31-21-6-1-2-7-22(21)32-23)20-13-11-19(12-14-20)18-28-16-4-3-10-25(28)27-15-17-28/h1-17H,18H2/q+1. The maximum absolute atomic E-state index is 13.6. The van der Waals surface area contributed by atoms with Crippen LogP contribution in [0.2, 0.25) is 0 Å². The molecule has 7 heteroatoms. The summed E-state index contributed by atoms with van der Waals surface area (Å²) in [6.45, 7) is 0.660. The van der Waals surface area contributed by atoms with Crippen molar-refractivity contribution in [3.63, 3.8) is 0 Å². The molecule has 0 bridgehead atoms. The highest BCUT2D eigenvalue weighted by Gasteiger charge is 2.34. The Morgan fingerprint density at radius 2 is 1.70 bits per heavy atom. The average molecular weight is 472 g/mol. The Kier molecular flexibility index (Phi) is 4.65. The molecule has 162 valence electrons. The third-order valence-electron chi connectivity index (χ3n) is 5.87. The first-order valence-electron chi connectivity index (χ1n) is 10.5. The number of fused-ring (bicyclic) bond motifs is 3. The molecule has 3 aliphatic heterocycles. The molecule has 0 radical (unpaired) electrons. The van der Waals surface area contributed by atoms with Crippen molar-refractivity contribution in [2.45, 2.75) is 26.1 Å². The summed E-state index contributed by atoms with van der Waals surface area (Å²) in [6, 6.07) is 20.0. The summed E-state index contributed by atoms with van der Waals surface area (Å²) >= 11 is 1.52. The van der Waals surface area contributed by atoms with E-state index in [4.69, 9.17) is 4.74 Å². The van der Waals surface area contributed by atoms with Crippen molar-refractivity contribution in [2.24, 2.45) is 4.99 Å². The fourth-order valence-electron chi connectivity index (χ4n) is 4.19. The van der Waals surface area contributed by atoms with Crippen LogP contribution in [0.3, 0.4) is 0 Å². The highest BCUT2D eigenvalue weighted by Crippen LogP contribution is 2.49. The van der Waals surface area contributed by atoms with Crippen LogP contribution >= 0.6 is 11.8 Å². The van der Waals surface area contributed by atoms with Gasteiger partial charge in [0.15, 0.2) is 5.75 Å². The van der Waals surface area contributed by atoms with Crippen LogP contribution in [0.4, 0.5) is 0 Å². The summed E-state index contributed by atoms with van der Waals surface area (Å²) in [4.78, 5) is 6.62. The van der Waals surface area contributed by atoms with Crippen LogP contribution in [0.25, 0.3) is 0 Å². The number of sulfone groups is 1. The maximum Gasteiger partial charge on any atom is 0.237 e. The first-order chi connectivity index (χ1) is 16.1. The first kappa shape index (κ1) is 20.2. The normalized spacial score (nSPS) is 19.9. The van der Waals surface area contributed by atoms with E-state index in [9.17, 15) is 8.42 Å². The molecule has 0 saturated carbocycles. The minimum Gasteiger partial charge on any atom is -0.454 e. The van der Waals surface area contributed by atoms with E-state index in [0.717, 1.165) is 21.2 Å².